The van der Waals surface area contributed by atoms with Crippen molar-refractivity contribution in [3.63, 3.8) is 0 Å². The van der Waals surface area contributed by atoms with E-state index in [2.05, 4.69) is 0 Å². The third-order valence-electron chi connectivity index (χ3n) is 4.17. The first-order chi connectivity index (χ1) is 10.7. The Morgan fingerprint density at radius 2 is 1.77 bits per heavy atom. The Bertz CT molecular complexity index is 693. The van der Waals surface area contributed by atoms with Crippen molar-refractivity contribution in [1.82, 2.24) is 9.47 Å². The molecular weight excluding hydrogens is 276 g/mol. The summed E-state index contributed by atoms with van der Waals surface area (Å²) in [5, 5.41) is 0. The second kappa shape index (κ2) is 6.60. The molecule has 22 heavy (non-hydrogen) atoms. The van der Waals surface area contributed by atoms with Gasteiger partial charge in [-0.3, -0.25) is 9.59 Å². The highest BCUT2D eigenvalue weighted by Crippen LogP contribution is 2.20. The molecule has 1 amide bonds. The van der Waals surface area contributed by atoms with Gasteiger partial charge in [-0.15, -0.1) is 0 Å². The van der Waals surface area contributed by atoms with Gasteiger partial charge in [-0.1, -0.05) is 36.4 Å². The molecule has 0 saturated carbocycles. The van der Waals surface area contributed by atoms with E-state index >= 15 is 0 Å². The second-order valence-corrected chi connectivity index (χ2v) is 5.86. The van der Waals surface area contributed by atoms with Crippen molar-refractivity contribution in [2.24, 2.45) is 5.92 Å². The van der Waals surface area contributed by atoms with Crippen LogP contribution in [0.15, 0.2) is 59.5 Å². The van der Waals surface area contributed by atoms with Crippen molar-refractivity contribution in [2.75, 3.05) is 6.54 Å². The van der Waals surface area contributed by atoms with E-state index < -0.39 is 0 Å². The summed E-state index contributed by atoms with van der Waals surface area (Å²) in [6.45, 7) is 2.05. The van der Waals surface area contributed by atoms with E-state index in [9.17, 15) is 9.59 Å². The Morgan fingerprint density at radius 1 is 1.00 bits per heavy atom. The number of hydrogen-bond donors (Lipinski definition) is 0. The Kier molecular flexibility index (Phi) is 4.37. The van der Waals surface area contributed by atoms with Crippen LogP contribution in [0.4, 0.5) is 0 Å². The van der Waals surface area contributed by atoms with Crippen molar-refractivity contribution >= 4 is 5.91 Å². The van der Waals surface area contributed by atoms with Crippen LogP contribution in [0.2, 0.25) is 0 Å². The third-order valence-corrected chi connectivity index (χ3v) is 4.17. The number of piperidine rings is 1. The number of aromatic nitrogens is 1. The van der Waals surface area contributed by atoms with Gasteiger partial charge in [0.2, 0.25) is 5.91 Å². The average Bonchev–Trinajstić information content (AvgIpc) is 2.54. The molecule has 1 atom stereocenters. The third kappa shape index (κ3) is 3.45. The SMILES string of the molecule is O=C1CC[C@H](Cn2ccccc2=O)CN1Cc1ccccc1. The molecular formula is C18H20N2O2. The normalized spacial score (nSPS) is 18.5. The molecule has 0 aliphatic carbocycles. The lowest BCUT2D eigenvalue weighted by molar-refractivity contribution is -0.135. The Balaban J connectivity index is 1.67. The molecule has 0 spiro atoms. The van der Waals surface area contributed by atoms with Crippen LogP contribution in [0.5, 0.6) is 0 Å². The Hall–Kier alpha value is -2.36. The zero-order chi connectivity index (χ0) is 15.4. The van der Waals surface area contributed by atoms with Gasteiger partial charge in [0.15, 0.2) is 0 Å². The molecule has 1 aliphatic rings. The topological polar surface area (TPSA) is 42.3 Å². The summed E-state index contributed by atoms with van der Waals surface area (Å²) in [6.07, 6.45) is 3.24. The smallest absolute Gasteiger partial charge is 0.250 e. The van der Waals surface area contributed by atoms with Gasteiger partial charge in [0.25, 0.3) is 5.56 Å². The number of likely N-dealkylation sites (tertiary alicyclic amines) is 1. The van der Waals surface area contributed by atoms with Crippen molar-refractivity contribution < 1.29 is 4.79 Å². The first kappa shape index (κ1) is 14.6. The van der Waals surface area contributed by atoms with Gasteiger partial charge in [0, 0.05) is 38.3 Å². The van der Waals surface area contributed by atoms with Crippen LogP contribution in [-0.2, 0) is 17.9 Å². The van der Waals surface area contributed by atoms with Crippen LogP contribution < -0.4 is 5.56 Å². The fraction of sp³-hybridized carbons (Fsp3) is 0.333. The van der Waals surface area contributed by atoms with Crippen LogP contribution in [0.3, 0.4) is 0 Å². The van der Waals surface area contributed by atoms with Crippen LogP contribution in [-0.4, -0.2) is 21.9 Å². The number of rotatable bonds is 4. The number of amides is 1. The molecule has 1 aromatic carbocycles. The number of hydrogen-bond acceptors (Lipinski definition) is 2. The van der Waals surface area contributed by atoms with Gasteiger partial charge in [-0.2, -0.15) is 0 Å². The average molecular weight is 296 g/mol. The molecule has 1 saturated heterocycles. The van der Waals surface area contributed by atoms with Crippen LogP contribution in [0.1, 0.15) is 18.4 Å². The molecule has 3 rings (SSSR count). The molecule has 0 N–H and O–H groups in total. The molecule has 114 valence electrons. The maximum atomic E-state index is 12.1. The van der Waals surface area contributed by atoms with Gasteiger partial charge in [-0.05, 0) is 24.0 Å². The summed E-state index contributed by atoms with van der Waals surface area (Å²) in [7, 11) is 0. The molecule has 0 radical (unpaired) electrons. The van der Waals surface area contributed by atoms with Crippen LogP contribution >= 0.6 is 0 Å². The maximum Gasteiger partial charge on any atom is 0.250 e. The highest BCUT2D eigenvalue weighted by atomic mass is 16.2. The van der Waals surface area contributed by atoms with E-state index in [1.807, 2.05) is 47.5 Å². The van der Waals surface area contributed by atoms with Gasteiger partial charge in [-0.25, -0.2) is 0 Å². The van der Waals surface area contributed by atoms with E-state index in [0.29, 0.717) is 25.4 Å². The number of carbonyl (C=O) groups is 1. The predicted molar refractivity (Wildman–Crippen MR) is 85.3 cm³/mol. The summed E-state index contributed by atoms with van der Waals surface area (Å²) < 4.78 is 1.74. The lowest BCUT2D eigenvalue weighted by Gasteiger charge is -2.33. The standard InChI is InChI=1S/C18H20N2O2/c21-17-8-4-5-11-19(17)13-16-9-10-18(22)20(14-16)12-15-6-2-1-3-7-15/h1-8,11,16H,9-10,12-14H2/t16-/m1/s1. The molecule has 4 heteroatoms. The van der Waals surface area contributed by atoms with E-state index in [1.165, 1.54) is 0 Å². The van der Waals surface area contributed by atoms with Gasteiger partial charge in [0.1, 0.15) is 0 Å². The molecule has 1 aliphatic heterocycles. The van der Waals surface area contributed by atoms with Crippen molar-refractivity contribution in [1.29, 1.82) is 0 Å². The fourth-order valence-corrected chi connectivity index (χ4v) is 2.99. The highest BCUT2D eigenvalue weighted by Gasteiger charge is 2.25. The number of nitrogens with zero attached hydrogens (tertiary/aromatic N) is 2. The van der Waals surface area contributed by atoms with Gasteiger partial charge < -0.3 is 9.47 Å². The summed E-state index contributed by atoms with van der Waals surface area (Å²) in [6, 6.07) is 15.2. The fourth-order valence-electron chi connectivity index (χ4n) is 2.99. The minimum absolute atomic E-state index is 0.0222. The summed E-state index contributed by atoms with van der Waals surface area (Å²) in [5.41, 5.74) is 1.17. The lowest BCUT2D eigenvalue weighted by Crippen LogP contribution is -2.41. The molecule has 0 unspecified atom stereocenters. The summed E-state index contributed by atoms with van der Waals surface area (Å²) >= 11 is 0. The van der Waals surface area contributed by atoms with Crippen molar-refractivity contribution in [3.8, 4) is 0 Å². The van der Waals surface area contributed by atoms with Gasteiger partial charge >= 0.3 is 0 Å². The van der Waals surface area contributed by atoms with E-state index in [0.717, 1.165) is 18.5 Å². The number of carbonyl (C=O) groups excluding carboxylic acids is 1. The predicted octanol–water partition coefficient (Wildman–Crippen LogP) is 2.29. The molecule has 2 heterocycles. The summed E-state index contributed by atoms with van der Waals surface area (Å²) in [4.78, 5) is 25.8. The first-order valence-corrected chi connectivity index (χ1v) is 7.69. The number of benzene rings is 1. The zero-order valence-electron chi connectivity index (χ0n) is 12.5. The minimum atomic E-state index is 0.0222. The van der Waals surface area contributed by atoms with Crippen molar-refractivity contribution in [2.45, 2.75) is 25.9 Å². The molecule has 0 bridgehead atoms. The van der Waals surface area contributed by atoms with Crippen LogP contribution in [0, 0.1) is 5.92 Å². The quantitative estimate of drug-likeness (QED) is 0.868. The Morgan fingerprint density at radius 3 is 2.55 bits per heavy atom. The van der Waals surface area contributed by atoms with Gasteiger partial charge in [0.05, 0.1) is 0 Å². The van der Waals surface area contributed by atoms with E-state index in [4.69, 9.17) is 0 Å². The summed E-state index contributed by atoms with van der Waals surface area (Å²) in [5.74, 6) is 0.544. The van der Waals surface area contributed by atoms with E-state index in [-0.39, 0.29) is 11.5 Å². The number of pyridine rings is 1. The van der Waals surface area contributed by atoms with E-state index in [1.54, 1.807) is 16.7 Å². The molecule has 1 aromatic heterocycles. The largest absolute Gasteiger partial charge is 0.338 e. The molecule has 4 nitrogen and oxygen atoms in total. The second-order valence-electron chi connectivity index (χ2n) is 5.86. The zero-order valence-corrected chi connectivity index (χ0v) is 12.5. The lowest BCUT2D eigenvalue weighted by atomic mass is 9.96. The Labute approximate surface area is 130 Å². The minimum Gasteiger partial charge on any atom is -0.338 e. The highest BCUT2D eigenvalue weighted by molar-refractivity contribution is 5.76. The molecule has 1 fully saturated rings. The first-order valence-electron chi connectivity index (χ1n) is 7.69. The maximum absolute atomic E-state index is 12.1. The monoisotopic (exact) mass is 296 g/mol. The van der Waals surface area contributed by atoms with Crippen molar-refractivity contribution in [3.05, 3.63) is 70.6 Å². The molecule has 2 aromatic rings. The van der Waals surface area contributed by atoms with Crippen LogP contribution in [0.25, 0.3) is 0 Å².